The molecule has 0 bridgehead atoms. The zero-order chi connectivity index (χ0) is 18.4. The summed E-state index contributed by atoms with van der Waals surface area (Å²) >= 11 is 5.50. The smallest absolute Gasteiger partial charge is 0.234 e. The van der Waals surface area contributed by atoms with E-state index in [-0.39, 0.29) is 0 Å². The second kappa shape index (κ2) is 9.35. The summed E-state index contributed by atoms with van der Waals surface area (Å²) in [4.78, 5) is 11.4. The lowest BCUT2D eigenvalue weighted by Gasteiger charge is -2.32. The van der Waals surface area contributed by atoms with Crippen molar-refractivity contribution in [2.24, 2.45) is 5.92 Å². The maximum atomic E-state index is 5.50. The summed E-state index contributed by atoms with van der Waals surface area (Å²) in [5.41, 5.74) is 0. The number of hydrogen-bond acceptors (Lipinski definition) is 5. The molecule has 1 aliphatic carbocycles. The van der Waals surface area contributed by atoms with Crippen LogP contribution in [0, 0.1) is 5.92 Å². The van der Waals surface area contributed by atoms with Crippen LogP contribution in [0.4, 0.5) is 11.8 Å². The molecule has 1 unspecified atom stereocenters. The van der Waals surface area contributed by atoms with Gasteiger partial charge in [0.05, 0.1) is 7.11 Å². The van der Waals surface area contributed by atoms with Crippen molar-refractivity contribution < 1.29 is 4.74 Å². The third-order valence-corrected chi connectivity index (χ3v) is 5.51. The van der Waals surface area contributed by atoms with Crippen molar-refractivity contribution in [2.75, 3.05) is 30.4 Å². The van der Waals surface area contributed by atoms with Crippen LogP contribution in [0.25, 0.3) is 0 Å². The van der Waals surface area contributed by atoms with Gasteiger partial charge in [0.1, 0.15) is 5.82 Å². The Hall–Kier alpha value is -1.63. The van der Waals surface area contributed by atoms with Crippen LogP contribution in [-0.4, -0.2) is 41.3 Å². The number of rotatable bonds is 4. The standard InChI is InChI=1S/C19H31N5OS/c1-14-8-7-11-24(13-14)16-12-17(25-2)22-18(21-16)23-19(26)20-15-9-5-3-4-6-10-15/h12,14-15H,3-11,13H2,1-2H3,(H2,20,21,22,23,26). The monoisotopic (exact) mass is 377 g/mol. The minimum absolute atomic E-state index is 0.450. The van der Waals surface area contributed by atoms with Gasteiger partial charge in [-0.05, 0) is 43.8 Å². The molecule has 26 heavy (non-hydrogen) atoms. The van der Waals surface area contributed by atoms with Gasteiger partial charge in [-0.2, -0.15) is 9.97 Å². The largest absolute Gasteiger partial charge is 0.481 e. The lowest BCUT2D eigenvalue weighted by molar-refractivity contribution is 0.396. The molecule has 0 spiro atoms. The third-order valence-electron chi connectivity index (χ3n) is 5.29. The van der Waals surface area contributed by atoms with E-state index in [0.29, 0.717) is 28.9 Å². The van der Waals surface area contributed by atoms with E-state index >= 15 is 0 Å². The molecular weight excluding hydrogens is 346 g/mol. The number of hydrogen-bond donors (Lipinski definition) is 2. The molecule has 1 saturated carbocycles. The van der Waals surface area contributed by atoms with E-state index in [2.05, 4.69) is 32.4 Å². The first-order chi connectivity index (χ1) is 12.6. The van der Waals surface area contributed by atoms with Gasteiger partial charge in [-0.3, -0.25) is 0 Å². The number of thiocarbonyl (C=S) groups is 1. The highest BCUT2D eigenvalue weighted by Gasteiger charge is 2.20. The van der Waals surface area contributed by atoms with Crippen molar-refractivity contribution in [2.45, 2.75) is 64.3 Å². The Bertz CT molecular complexity index is 604. The highest BCUT2D eigenvalue weighted by atomic mass is 32.1. The predicted molar refractivity (Wildman–Crippen MR) is 110 cm³/mol. The van der Waals surface area contributed by atoms with Crippen LogP contribution < -0.4 is 20.3 Å². The Morgan fingerprint density at radius 3 is 2.62 bits per heavy atom. The molecular formula is C19H31N5OS. The number of nitrogens with one attached hydrogen (secondary N) is 2. The van der Waals surface area contributed by atoms with Crippen LogP contribution >= 0.6 is 12.2 Å². The zero-order valence-electron chi connectivity index (χ0n) is 16.0. The number of piperidine rings is 1. The van der Waals surface area contributed by atoms with Gasteiger partial charge in [-0.25, -0.2) is 0 Å². The fourth-order valence-electron chi connectivity index (χ4n) is 3.88. The lowest BCUT2D eigenvalue weighted by atomic mass is 10.0. The van der Waals surface area contributed by atoms with E-state index in [1.165, 1.54) is 51.4 Å². The molecule has 0 amide bonds. The Morgan fingerprint density at radius 2 is 1.92 bits per heavy atom. The number of anilines is 2. The molecule has 3 rings (SSSR count). The van der Waals surface area contributed by atoms with Gasteiger partial charge >= 0.3 is 0 Å². The Balaban J connectivity index is 1.66. The average Bonchev–Trinajstić information content (AvgIpc) is 2.90. The van der Waals surface area contributed by atoms with Crippen LogP contribution in [0.2, 0.25) is 0 Å². The van der Waals surface area contributed by atoms with E-state index in [1.807, 2.05) is 6.07 Å². The average molecular weight is 378 g/mol. The Morgan fingerprint density at radius 1 is 1.15 bits per heavy atom. The lowest BCUT2D eigenvalue weighted by Crippen LogP contribution is -2.38. The molecule has 7 heteroatoms. The predicted octanol–water partition coefficient (Wildman–Crippen LogP) is 3.73. The molecule has 1 aromatic rings. The van der Waals surface area contributed by atoms with Gasteiger partial charge in [-0.1, -0.05) is 32.6 Å². The summed E-state index contributed by atoms with van der Waals surface area (Å²) < 4.78 is 5.38. The fourth-order valence-corrected chi connectivity index (χ4v) is 4.14. The second-order valence-electron chi connectivity index (χ2n) is 7.57. The minimum Gasteiger partial charge on any atom is -0.481 e. The molecule has 2 fully saturated rings. The van der Waals surface area contributed by atoms with Crippen molar-refractivity contribution in [1.29, 1.82) is 0 Å². The Kier molecular flexibility index (Phi) is 6.88. The first-order valence-corrected chi connectivity index (χ1v) is 10.3. The fraction of sp³-hybridized carbons (Fsp3) is 0.737. The van der Waals surface area contributed by atoms with Gasteiger partial charge in [0, 0.05) is 25.2 Å². The summed E-state index contributed by atoms with van der Waals surface area (Å²) in [6, 6.07) is 2.36. The van der Waals surface area contributed by atoms with Crippen LogP contribution in [-0.2, 0) is 0 Å². The van der Waals surface area contributed by atoms with Crippen molar-refractivity contribution in [1.82, 2.24) is 15.3 Å². The topological polar surface area (TPSA) is 62.3 Å². The number of methoxy groups -OCH3 is 1. The van der Waals surface area contributed by atoms with Gasteiger partial charge in [0.15, 0.2) is 5.11 Å². The van der Waals surface area contributed by atoms with E-state index in [4.69, 9.17) is 17.0 Å². The zero-order valence-corrected chi connectivity index (χ0v) is 16.8. The molecule has 144 valence electrons. The van der Waals surface area contributed by atoms with Crippen molar-refractivity contribution in [3.8, 4) is 5.88 Å². The van der Waals surface area contributed by atoms with Gasteiger partial charge in [0.25, 0.3) is 0 Å². The number of nitrogens with zero attached hydrogens (tertiary/aromatic N) is 3. The maximum Gasteiger partial charge on any atom is 0.234 e. The normalized spacial score (nSPS) is 21.8. The first kappa shape index (κ1) is 19.1. The molecule has 2 N–H and O–H groups in total. The summed E-state index contributed by atoms with van der Waals surface area (Å²) in [7, 11) is 1.64. The summed E-state index contributed by atoms with van der Waals surface area (Å²) in [5.74, 6) is 2.65. The maximum absolute atomic E-state index is 5.50. The molecule has 1 saturated heterocycles. The molecule has 0 radical (unpaired) electrons. The van der Waals surface area contributed by atoms with Gasteiger partial charge < -0.3 is 20.3 Å². The van der Waals surface area contributed by atoms with Crippen LogP contribution in [0.3, 0.4) is 0 Å². The Labute approximate surface area is 162 Å². The highest BCUT2D eigenvalue weighted by Crippen LogP contribution is 2.25. The van der Waals surface area contributed by atoms with E-state index in [1.54, 1.807) is 7.11 Å². The van der Waals surface area contributed by atoms with Crippen LogP contribution in [0.5, 0.6) is 5.88 Å². The SMILES string of the molecule is COc1cc(N2CCCC(C)C2)nc(NC(=S)NC2CCCCCC2)n1. The highest BCUT2D eigenvalue weighted by molar-refractivity contribution is 7.80. The number of aromatic nitrogens is 2. The molecule has 0 aromatic carbocycles. The number of ether oxygens (including phenoxy) is 1. The molecule has 6 nitrogen and oxygen atoms in total. The molecule has 2 aliphatic rings. The van der Waals surface area contributed by atoms with Crippen molar-refractivity contribution in [3.05, 3.63) is 6.07 Å². The second-order valence-corrected chi connectivity index (χ2v) is 7.98. The van der Waals surface area contributed by atoms with Crippen LogP contribution in [0.15, 0.2) is 6.07 Å². The van der Waals surface area contributed by atoms with Gasteiger partial charge in [0.2, 0.25) is 11.8 Å². The van der Waals surface area contributed by atoms with Crippen molar-refractivity contribution in [3.63, 3.8) is 0 Å². The third kappa shape index (κ3) is 5.43. The molecule has 1 atom stereocenters. The first-order valence-electron chi connectivity index (χ1n) is 9.89. The summed E-state index contributed by atoms with van der Waals surface area (Å²) in [6.07, 6.45) is 10.0. The van der Waals surface area contributed by atoms with E-state index in [9.17, 15) is 0 Å². The van der Waals surface area contributed by atoms with Crippen LogP contribution in [0.1, 0.15) is 58.3 Å². The summed E-state index contributed by atoms with van der Waals surface area (Å²) in [5, 5.41) is 7.20. The molecule has 1 aliphatic heterocycles. The van der Waals surface area contributed by atoms with Gasteiger partial charge in [-0.15, -0.1) is 0 Å². The van der Waals surface area contributed by atoms with E-state index < -0.39 is 0 Å². The minimum atomic E-state index is 0.450. The summed E-state index contributed by atoms with van der Waals surface area (Å²) in [6.45, 7) is 4.33. The molecule has 1 aromatic heterocycles. The quantitative estimate of drug-likeness (QED) is 0.612. The molecule has 2 heterocycles. The van der Waals surface area contributed by atoms with E-state index in [0.717, 1.165) is 18.9 Å². The van der Waals surface area contributed by atoms with Crippen molar-refractivity contribution >= 4 is 29.1 Å².